The number of anilines is 1. The van der Waals surface area contributed by atoms with Crippen molar-refractivity contribution in [1.29, 1.82) is 0 Å². The molecule has 1 amide bonds. The minimum Gasteiger partial charge on any atom is -0.483 e. The summed E-state index contributed by atoms with van der Waals surface area (Å²) in [6, 6.07) is 13.6. The number of rotatable bonds is 5. The Hall–Kier alpha value is -2.82. The molecule has 0 aliphatic carbocycles. The summed E-state index contributed by atoms with van der Waals surface area (Å²) in [5.41, 5.74) is 1.74. The van der Waals surface area contributed by atoms with Crippen LogP contribution in [-0.2, 0) is 4.79 Å². The normalized spacial score (nSPS) is 9.95. The lowest BCUT2D eigenvalue weighted by atomic mass is 10.2. The lowest BCUT2D eigenvalue weighted by Crippen LogP contribution is -2.20. The van der Waals surface area contributed by atoms with Crippen molar-refractivity contribution in [2.75, 3.05) is 11.9 Å². The van der Waals surface area contributed by atoms with Gasteiger partial charge in [0, 0.05) is 5.69 Å². The molecule has 0 aromatic heterocycles. The molecule has 2 N–H and O–H groups in total. The minimum absolute atomic E-state index is 0.0286. The van der Waals surface area contributed by atoms with Crippen LogP contribution in [-0.4, -0.2) is 23.6 Å². The number of carboxylic acid groups (broad SMARTS) is 1. The molecule has 108 valence electrons. The molecule has 0 spiro atoms. The van der Waals surface area contributed by atoms with E-state index in [1.54, 1.807) is 18.2 Å². The first-order valence-electron chi connectivity index (χ1n) is 6.38. The van der Waals surface area contributed by atoms with Crippen LogP contribution in [0, 0.1) is 6.92 Å². The highest BCUT2D eigenvalue weighted by Crippen LogP contribution is 2.17. The van der Waals surface area contributed by atoms with E-state index in [-0.39, 0.29) is 23.8 Å². The van der Waals surface area contributed by atoms with Gasteiger partial charge in [0.05, 0.1) is 0 Å². The smallest absolute Gasteiger partial charge is 0.339 e. The second-order valence-corrected chi connectivity index (χ2v) is 4.51. The van der Waals surface area contributed by atoms with Gasteiger partial charge in [-0.15, -0.1) is 0 Å². The van der Waals surface area contributed by atoms with Gasteiger partial charge in [0.2, 0.25) is 0 Å². The second kappa shape index (κ2) is 6.56. The summed E-state index contributed by atoms with van der Waals surface area (Å²) in [5, 5.41) is 11.7. The van der Waals surface area contributed by atoms with E-state index in [4.69, 9.17) is 9.84 Å². The Morgan fingerprint density at radius 3 is 2.62 bits per heavy atom. The lowest BCUT2D eigenvalue weighted by Gasteiger charge is -2.09. The molecule has 21 heavy (non-hydrogen) atoms. The predicted molar refractivity (Wildman–Crippen MR) is 78.7 cm³/mol. The van der Waals surface area contributed by atoms with Gasteiger partial charge in [-0.25, -0.2) is 4.79 Å². The van der Waals surface area contributed by atoms with Crippen molar-refractivity contribution in [1.82, 2.24) is 0 Å². The summed E-state index contributed by atoms with van der Waals surface area (Å²) in [6.45, 7) is 1.67. The highest BCUT2D eigenvalue weighted by atomic mass is 16.5. The van der Waals surface area contributed by atoms with Gasteiger partial charge in [0.1, 0.15) is 11.3 Å². The number of para-hydroxylation sites is 1. The molecular formula is C16H15NO4. The van der Waals surface area contributed by atoms with Crippen molar-refractivity contribution in [2.24, 2.45) is 0 Å². The maximum atomic E-state index is 11.8. The van der Waals surface area contributed by atoms with Gasteiger partial charge in [0.25, 0.3) is 5.91 Å². The summed E-state index contributed by atoms with van der Waals surface area (Å²) in [5.74, 6) is -1.27. The van der Waals surface area contributed by atoms with Gasteiger partial charge in [-0.2, -0.15) is 0 Å². The number of benzene rings is 2. The first-order valence-corrected chi connectivity index (χ1v) is 6.38. The third-order valence-corrected chi connectivity index (χ3v) is 2.78. The fraction of sp³-hybridized carbons (Fsp3) is 0.125. The first-order chi connectivity index (χ1) is 10.1. The summed E-state index contributed by atoms with van der Waals surface area (Å²) in [6.07, 6.45) is 0. The Morgan fingerprint density at radius 2 is 1.90 bits per heavy atom. The number of ether oxygens (including phenoxy) is 1. The molecule has 5 heteroatoms. The molecule has 0 bridgehead atoms. The number of aromatic carboxylic acids is 1. The van der Waals surface area contributed by atoms with Crippen LogP contribution in [0.25, 0.3) is 0 Å². The molecule has 5 nitrogen and oxygen atoms in total. The lowest BCUT2D eigenvalue weighted by molar-refractivity contribution is -0.118. The van der Waals surface area contributed by atoms with Crippen LogP contribution in [0.2, 0.25) is 0 Å². The van der Waals surface area contributed by atoms with Crippen molar-refractivity contribution < 1.29 is 19.4 Å². The molecule has 0 aliphatic heterocycles. The van der Waals surface area contributed by atoms with Crippen LogP contribution in [0.15, 0.2) is 48.5 Å². The van der Waals surface area contributed by atoms with Crippen LogP contribution in [0.3, 0.4) is 0 Å². The summed E-state index contributed by atoms with van der Waals surface area (Å²) in [7, 11) is 0. The number of carbonyl (C=O) groups is 2. The van der Waals surface area contributed by atoms with Gasteiger partial charge in [-0.3, -0.25) is 4.79 Å². The molecule has 0 saturated heterocycles. The highest BCUT2D eigenvalue weighted by Gasteiger charge is 2.11. The van der Waals surface area contributed by atoms with Crippen molar-refractivity contribution in [3.05, 3.63) is 59.7 Å². The zero-order valence-corrected chi connectivity index (χ0v) is 11.5. The molecule has 0 unspecified atom stereocenters. The van der Waals surface area contributed by atoms with Crippen molar-refractivity contribution in [3.8, 4) is 5.75 Å². The number of aryl methyl sites for hydroxylation is 1. The third-order valence-electron chi connectivity index (χ3n) is 2.78. The average molecular weight is 285 g/mol. The molecule has 0 heterocycles. The van der Waals surface area contributed by atoms with Crippen LogP contribution >= 0.6 is 0 Å². The van der Waals surface area contributed by atoms with Crippen molar-refractivity contribution in [2.45, 2.75) is 6.92 Å². The summed E-state index contributed by atoms with van der Waals surface area (Å²) >= 11 is 0. The number of carbonyl (C=O) groups excluding carboxylic acids is 1. The van der Waals surface area contributed by atoms with Crippen molar-refractivity contribution in [3.63, 3.8) is 0 Å². The topological polar surface area (TPSA) is 75.6 Å². The summed E-state index contributed by atoms with van der Waals surface area (Å²) in [4.78, 5) is 22.8. The number of carboxylic acids is 1. The fourth-order valence-electron chi connectivity index (χ4n) is 1.83. The van der Waals surface area contributed by atoms with E-state index in [0.29, 0.717) is 5.69 Å². The maximum Gasteiger partial charge on any atom is 0.339 e. The van der Waals surface area contributed by atoms with E-state index >= 15 is 0 Å². The van der Waals surface area contributed by atoms with E-state index in [9.17, 15) is 9.59 Å². The Morgan fingerprint density at radius 1 is 1.14 bits per heavy atom. The van der Waals surface area contributed by atoms with Gasteiger partial charge in [-0.05, 0) is 36.8 Å². The van der Waals surface area contributed by atoms with Crippen molar-refractivity contribution >= 4 is 17.6 Å². The summed E-state index contributed by atoms with van der Waals surface area (Å²) < 4.78 is 5.27. The largest absolute Gasteiger partial charge is 0.483 e. The van der Waals surface area contributed by atoms with Crippen LogP contribution in [0.1, 0.15) is 15.9 Å². The van der Waals surface area contributed by atoms with E-state index in [1.165, 1.54) is 12.1 Å². The number of nitrogens with one attached hydrogen (secondary N) is 1. The fourth-order valence-corrected chi connectivity index (χ4v) is 1.83. The Kier molecular flexibility index (Phi) is 4.56. The molecule has 2 aromatic carbocycles. The molecular weight excluding hydrogens is 270 g/mol. The van der Waals surface area contributed by atoms with E-state index in [1.807, 2.05) is 25.1 Å². The van der Waals surface area contributed by atoms with Gasteiger partial charge < -0.3 is 15.2 Å². The quantitative estimate of drug-likeness (QED) is 0.885. The average Bonchev–Trinajstić information content (AvgIpc) is 2.45. The first kappa shape index (κ1) is 14.6. The molecule has 0 radical (unpaired) electrons. The van der Waals surface area contributed by atoms with Gasteiger partial charge >= 0.3 is 5.97 Å². The Bertz CT molecular complexity index is 667. The Balaban J connectivity index is 1.97. The minimum atomic E-state index is -1.09. The SMILES string of the molecule is Cc1cccc(NC(=O)COc2ccccc2C(=O)O)c1. The molecule has 2 aromatic rings. The van der Waals surface area contributed by atoms with Crippen LogP contribution < -0.4 is 10.1 Å². The second-order valence-electron chi connectivity index (χ2n) is 4.51. The number of amides is 1. The van der Waals surface area contributed by atoms with Gasteiger partial charge in [0.15, 0.2) is 6.61 Å². The maximum absolute atomic E-state index is 11.8. The Labute approximate surface area is 122 Å². The standard InChI is InChI=1S/C16H15NO4/c1-11-5-4-6-12(9-11)17-15(18)10-21-14-8-3-2-7-13(14)16(19)20/h2-9H,10H2,1H3,(H,17,18)(H,19,20). The highest BCUT2D eigenvalue weighted by molar-refractivity contribution is 5.93. The number of hydrogen-bond acceptors (Lipinski definition) is 3. The molecule has 0 atom stereocenters. The predicted octanol–water partition coefficient (Wildman–Crippen LogP) is 2.71. The van der Waals surface area contributed by atoms with E-state index < -0.39 is 5.97 Å². The zero-order valence-electron chi connectivity index (χ0n) is 11.5. The number of hydrogen-bond donors (Lipinski definition) is 2. The van der Waals surface area contributed by atoms with E-state index in [0.717, 1.165) is 5.56 Å². The van der Waals surface area contributed by atoms with E-state index in [2.05, 4.69) is 5.32 Å². The molecule has 0 saturated carbocycles. The molecule has 2 rings (SSSR count). The zero-order chi connectivity index (χ0) is 15.2. The molecule has 0 aliphatic rings. The third kappa shape index (κ3) is 4.07. The van der Waals surface area contributed by atoms with Crippen LogP contribution in [0.5, 0.6) is 5.75 Å². The molecule has 0 fully saturated rings. The van der Waals surface area contributed by atoms with Gasteiger partial charge in [-0.1, -0.05) is 24.3 Å². The monoisotopic (exact) mass is 285 g/mol. The van der Waals surface area contributed by atoms with Crippen LogP contribution in [0.4, 0.5) is 5.69 Å².